The minimum absolute atomic E-state index is 0.110. The predicted octanol–water partition coefficient (Wildman–Crippen LogP) is 2.38. The van der Waals surface area contributed by atoms with Crippen LogP contribution in [0.15, 0.2) is 12.1 Å². The highest BCUT2D eigenvalue weighted by molar-refractivity contribution is 5.82. The smallest absolute Gasteiger partial charge is 0.255 e. The van der Waals surface area contributed by atoms with Crippen LogP contribution in [0.25, 0.3) is 0 Å². The normalized spacial score (nSPS) is 22.3. The molecule has 1 aliphatic carbocycles. The van der Waals surface area contributed by atoms with Crippen molar-refractivity contribution in [1.29, 1.82) is 0 Å². The summed E-state index contributed by atoms with van der Waals surface area (Å²) in [4.78, 5) is 12.0. The molecule has 138 valence electrons. The van der Waals surface area contributed by atoms with Gasteiger partial charge in [0.2, 0.25) is 5.91 Å². The zero-order valence-electron chi connectivity index (χ0n) is 13.9. The number of hydrogen-bond acceptors (Lipinski definition) is 4. The van der Waals surface area contributed by atoms with Gasteiger partial charge in [-0.25, -0.2) is 13.2 Å². The lowest BCUT2D eigenvalue weighted by Crippen LogP contribution is -2.43. The topological polar surface area (TPSA) is 59.6 Å². The van der Waals surface area contributed by atoms with E-state index >= 15 is 0 Å². The van der Waals surface area contributed by atoms with Crippen molar-refractivity contribution in [1.82, 2.24) is 10.6 Å². The molecule has 0 radical (unpaired) electrons. The van der Waals surface area contributed by atoms with Gasteiger partial charge >= 0.3 is 0 Å². The fraction of sp³-hybridized carbons (Fsp3) is 0.588. The summed E-state index contributed by atoms with van der Waals surface area (Å²) in [6, 6.07) is 2.31. The van der Waals surface area contributed by atoms with Crippen molar-refractivity contribution in [3.05, 3.63) is 23.5 Å². The molecule has 1 heterocycles. The fourth-order valence-electron chi connectivity index (χ4n) is 3.08. The van der Waals surface area contributed by atoms with Gasteiger partial charge in [0.25, 0.3) is 5.92 Å². The molecule has 1 aromatic carbocycles. The molecule has 1 saturated carbocycles. The SMILES string of the molecule is COc1cc(OC2CC(F)(F)C2)c(F)cc1CNC(=O)[C@@H]1CCCN1. The standard InChI is InChI=1S/C17H21F3N2O3/c1-24-14-6-15(25-11-7-17(19,20)8-11)12(18)5-10(14)9-22-16(23)13-3-2-4-21-13/h5-6,11,13,21H,2-4,7-9H2,1H3,(H,22,23)/t13-/m0/s1. The van der Waals surface area contributed by atoms with E-state index in [4.69, 9.17) is 9.47 Å². The van der Waals surface area contributed by atoms with Crippen LogP contribution >= 0.6 is 0 Å². The lowest BCUT2D eigenvalue weighted by atomic mass is 9.91. The summed E-state index contributed by atoms with van der Waals surface area (Å²) >= 11 is 0. The van der Waals surface area contributed by atoms with Crippen LogP contribution < -0.4 is 20.1 Å². The molecule has 0 unspecified atom stereocenters. The molecule has 1 aromatic rings. The minimum atomic E-state index is -2.73. The van der Waals surface area contributed by atoms with E-state index in [1.165, 1.54) is 19.2 Å². The summed E-state index contributed by atoms with van der Waals surface area (Å²) in [5.41, 5.74) is 0.456. The fourth-order valence-corrected chi connectivity index (χ4v) is 3.08. The zero-order chi connectivity index (χ0) is 18.0. The molecule has 1 aliphatic heterocycles. The molecule has 0 bridgehead atoms. The van der Waals surface area contributed by atoms with E-state index in [-0.39, 0.29) is 24.2 Å². The Morgan fingerprint density at radius 3 is 2.72 bits per heavy atom. The van der Waals surface area contributed by atoms with E-state index in [1.807, 2.05) is 0 Å². The molecule has 25 heavy (non-hydrogen) atoms. The Bertz CT molecular complexity index is 640. The van der Waals surface area contributed by atoms with Crippen LogP contribution in [0.3, 0.4) is 0 Å². The highest BCUT2D eigenvalue weighted by Crippen LogP contribution is 2.41. The van der Waals surface area contributed by atoms with Gasteiger partial charge in [0.1, 0.15) is 11.9 Å². The average Bonchev–Trinajstić information content (AvgIpc) is 3.07. The average molecular weight is 358 g/mol. The molecule has 2 fully saturated rings. The molecule has 2 N–H and O–H groups in total. The van der Waals surface area contributed by atoms with Crippen molar-refractivity contribution in [3.63, 3.8) is 0 Å². The summed E-state index contributed by atoms with van der Waals surface area (Å²) < 4.78 is 50.4. The van der Waals surface area contributed by atoms with E-state index in [9.17, 15) is 18.0 Å². The molecule has 0 aromatic heterocycles. The van der Waals surface area contributed by atoms with Crippen molar-refractivity contribution in [2.45, 2.75) is 50.3 Å². The lowest BCUT2D eigenvalue weighted by molar-refractivity contribution is -0.135. The summed E-state index contributed by atoms with van der Waals surface area (Å²) in [7, 11) is 1.42. The summed E-state index contributed by atoms with van der Waals surface area (Å²) in [5.74, 6) is -3.33. The van der Waals surface area contributed by atoms with Crippen LogP contribution in [0.5, 0.6) is 11.5 Å². The van der Waals surface area contributed by atoms with Crippen molar-refractivity contribution in [2.24, 2.45) is 0 Å². The largest absolute Gasteiger partial charge is 0.496 e. The molecular formula is C17H21F3N2O3. The van der Waals surface area contributed by atoms with Crippen LogP contribution in [-0.4, -0.2) is 37.6 Å². The van der Waals surface area contributed by atoms with Gasteiger partial charge in [-0.3, -0.25) is 4.79 Å². The number of methoxy groups -OCH3 is 1. The molecule has 8 heteroatoms. The summed E-state index contributed by atoms with van der Waals surface area (Å²) in [6.45, 7) is 0.918. The first-order valence-corrected chi connectivity index (χ1v) is 8.30. The van der Waals surface area contributed by atoms with Gasteiger partial charge in [-0.2, -0.15) is 0 Å². The van der Waals surface area contributed by atoms with Crippen LogP contribution in [0, 0.1) is 5.82 Å². The van der Waals surface area contributed by atoms with E-state index in [1.54, 1.807) is 0 Å². The Hall–Kier alpha value is -1.96. The van der Waals surface area contributed by atoms with Gasteiger partial charge in [0.05, 0.1) is 13.2 Å². The minimum Gasteiger partial charge on any atom is -0.496 e. The van der Waals surface area contributed by atoms with Crippen molar-refractivity contribution in [2.75, 3.05) is 13.7 Å². The highest BCUT2D eigenvalue weighted by atomic mass is 19.3. The van der Waals surface area contributed by atoms with Crippen LogP contribution in [-0.2, 0) is 11.3 Å². The molecule has 1 atom stereocenters. The van der Waals surface area contributed by atoms with Gasteiger partial charge in [-0.05, 0) is 25.5 Å². The van der Waals surface area contributed by atoms with Crippen LogP contribution in [0.1, 0.15) is 31.2 Å². The maximum absolute atomic E-state index is 14.2. The number of amides is 1. The molecule has 3 rings (SSSR count). The first kappa shape index (κ1) is 17.8. The van der Waals surface area contributed by atoms with E-state index in [0.29, 0.717) is 11.3 Å². The number of rotatable bonds is 6. The Morgan fingerprint density at radius 1 is 1.36 bits per heavy atom. The summed E-state index contributed by atoms with van der Waals surface area (Å²) in [6.07, 6.45) is 0.188. The van der Waals surface area contributed by atoms with E-state index in [0.717, 1.165) is 19.4 Å². The Kier molecular flexibility index (Phi) is 5.08. The number of carbonyl (C=O) groups is 1. The molecule has 0 spiro atoms. The van der Waals surface area contributed by atoms with Crippen molar-refractivity contribution < 1.29 is 27.4 Å². The van der Waals surface area contributed by atoms with Crippen molar-refractivity contribution >= 4 is 5.91 Å². The number of hydrogen-bond donors (Lipinski definition) is 2. The number of nitrogens with one attached hydrogen (secondary N) is 2. The number of benzene rings is 1. The first-order valence-electron chi connectivity index (χ1n) is 8.30. The quantitative estimate of drug-likeness (QED) is 0.820. The Morgan fingerprint density at radius 2 is 2.12 bits per heavy atom. The maximum Gasteiger partial charge on any atom is 0.255 e. The molecular weight excluding hydrogens is 337 g/mol. The predicted molar refractivity (Wildman–Crippen MR) is 84.4 cm³/mol. The molecule has 1 amide bonds. The highest BCUT2D eigenvalue weighted by Gasteiger charge is 2.47. The number of ether oxygens (including phenoxy) is 2. The third-order valence-corrected chi connectivity index (χ3v) is 4.51. The Labute approximate surface area is 143 Å². The monoisotopic (exact) mass is 358 g/mol. The van der Waals surface area contributed by atoms with Gasteiger partial charge in [-0.15, -0.1) is 0 Å². The maximum atomic E-state index is 14.2. The number of carbonyl (C=O) groups excluding carboxylic acids is 1. The lowest BCUT2D eigenvalue weighted by Gasteiger charge is -2.35. The second-order valence-corrected chi connectivity index (χ2v) is 6.47. The van der Waals surface area contributed by atoms with Crippen LogP contribution in [0.2, 0.25) is 0 Å². The second-order valence-electron chi connectivity index (χ2n) is 6.47. The molecule has 2 aliphatic rings. The van der Waals surface area contributed by atoms with E-state index in [2.05, 4.69) is 10.6 Å². The van der Waals surface area contributed by atoms with Crippen molar-refractivity contribution in [3.8, 4) is 11.5 Å². The summed E-state index contributed by atoms with van der Waals surface area (Å²) in [5, 5.41) is 5.83. The van der Waals surface area contributed by atoms with E-state index < -0.39 is 30.7 Å². The van der Waals surface area contributed by atoms with Gasteiger partial charge in [0, 0.05) is 31.0 Å². The third-order valence-electron chi connectivity index (χ3n) is 4.51. The zero-order valence-corrected chi connectivity index (χ0v) is 13.9. The number of halogens is 3. The van der Waals surface area contributed by atoms with Crippen LogP contribution in [0.4, 0.5) is 13.2 Å². The van der Waals surface area contributed by atoms with Gasteiger partial charge in [0.15, 0.2) is 11.6 Å². The second kappa shape index (κ2) is 7.11. The van der Waals surface area contributed by atoms with Gasteiger partial charge in [-0.1, -0.05) is 0 Å². The molecule has 1 saturated heterocycles. The Balaban J connectivity index is 1.63. The molecule has 5 nitrogen and oxygen atoms in total. The third kappa shape index (κ3) is 4.18. The number of alkyl halides is 2. The first-order chi connectivity index (χ1) is 11.9. The van der Waals surface area contributed by atoms with Gasteiger partial charge < -0.3 is 20.1 Å².